The minimum absolute atomic E-state index is 0.0978. The molecule has 0 radical (unpaired) electrons. The molecule has 1 aromatic carbocycles. The van der Waals surface area contributed by atoms with E-state index in [1.807, 2.05) is 56.3 Å². The second-order valence-corrected chi connectivity index (χ2v) is 8.74. The molecule has 4 N–H and O–H groups in total. The molecule has 2 aliphatic rings. The van der Waals surface area contributed by atoms with Gasteiger partial charge >= 0.3 is 0 Å². The molecule has 36 heavy (non-hydrogen) atoms. The molecule has 0 heterocycles. The van der Waals surface area contributed by atoms with Crippen LogP contribution in [0, 0.1) is 11.8 Å². The summed E-state index contributed by atoms with van der Waals surface area (Å²) >= 11 is 0. The van der Waals surface area contributed by atoms with Gasteiger partial charge in [-0.05, 0) is 47.8 Å². The van der Waals surface area contributed by atoms with Gasteiger partial charge in [0, 0.05) is 35.6 Å². The van der Waals surface area contributed by atoms with Crippen LogP contribution in [-0.2, 0) is 20.9 Å². The van der Waals surface area contributed by atoms with Crippen LogP contribution in [0.15, 0.2) is 81.0 Å². The van der Waals surface area contributed by atoms with Crippen molar-refractivity contribution in [1.82, 2.24) is 0 Å². The van der Waals surface area contributed by atoms with E-state index in [0.29, 0.717) is 48.5 Å². The Kier molecular flexibility index (Phi) is 9.53. The van der Waals surface area contributed by atoms with E-state index in [9.17, 15) is 14.7 Å². The standard InChI is InChI=1S/C28H34N4O4/c1-4-26(34)24-13-20(16-33)14-25(18(24)2)27(31-17-29)30-15-19-6-5-7-22(12-19)32-28(35)21-8-10-23(36-3)11-9-21/h5-8,10,12-14,17-18,24,33H,4,9,11,15-16H2,1-3H3,(H,32,35)(H2,29,30,31). The van der Waals surface area contributed by atoms with Gasteiger partial charge in [-0.25, -0.2) is 4.99 Å². The van der Waals surface area contributed by atoms with Gasteiger partial charge < -0.3 is 20.9 Å². The number of carbonyl (C=O) groups excluding carboxylic acids is 2. The molecule has 0 bridgehead atoms. The number of nitrogens with two attached hydrogens (primary N) is 1. The van der Waals surface area contributed by atoms with Gasteiger partial charge in [0.15, 0.2) is 5.84 Å². The van der Waals surface area contributed by atoms with Crippen molar-refractivity contribution < 1.29 is 19.4 Å². The number of amidine groups is 1. The first-order valence-corrected chi connectivity index (χ1v) is 12.1. The number of aliphatic hydroxyl groups excluding tert-OH is 1. The molecule has 2 atom stereocenters. The quantitative estimate of drug-likeness (QED) is 0.358. The van der Waals surface area contributed by atoms with Crippen LogP contribution in [0.4, 0.5) is 5.69 Å². The minimum Gasteiger partial charge on any atom is -0.501 e. The van der Waals surface area contributed by atoms with Crippen LogP contribution in [0.25, 0.3) is 0 Å². The summed E-state index contributed by atoms with van der Waals surface area (Å²) in [5.41, 5.74) is 9.26. The highest BCUT2D eigenvalue weighted by atomic mass is 16.5. The summed E-state index contributed by atoms with van der Waals surface area (Å²) in [6, 6.07) is 7.47. The molecule has 0 spiro atoms. The number of anilines is 1. The topological polar surface area (TPSA) is 126 Å². The Hall–Kier alpha value is -3.78. The number of methoxy groups -OCH3 is 1. The predicted octanol–water partition coefficient (Wildman–Crippen LogP) is 3.85. The van der Waals surface area contributed by atoms with E-state index in [1.54, 1.807) is 13.2 Å². The van der Waals surface area contributed by atoms with Crippen LogP contribution in [0.2, 0.25) is 0 Å². The Labute approximate surface area is 212 Å². The lowest BCUT2D eigenvalue weighted by Crippen LogP contribution is -2.27. The first-order chi connectivity index (χ1) is 17.4. The molecule has 0 saturated carbocycles. The Morgan fingerprint density at radius 3 is 2.72 bits per heavy atom. The fraction of sp³-hybridized carbons (Fsp3) is 0.357. The van der Waals surface area contributed by atoms with Gasteiger partial charge in [-0.3, -0.25) is 14.6 Å². The number of ketones is 1. The Bertz CT molecular complexity index is 1170. The van der Waals surface area contributed by atoms with Crippen LogP contribution in [0.5, 0.6) is 0 Å². The van der Waals surface area contributed by atoms with Gasteiger partial charge in [0.1, 0.15) is 5.78 Å². The Morgan fingerprint density at radius 1 is 1.28 bits per heavy atom. The number of benzene rings is 1. The molecule has 0 aromatic heterocycles. The number of Topliss-reactive ketones (excluding diaryl/α,β-unsaturated/α-hetero) is 1. The van der Waals surface area contributed by atoms with E-state index >= 15 is 0 Å². The number of rotatable bonds is 9. The highest BCUT2D eigenvalue weighted by molar-refractivity contribution is 6.05. The zero-order chi connectivity index (χ0) is 26.1. The van der Waals surface area contributed by atoms with Crippen molar-refractivity contribution in [2.75, 3.05) is 19.0 Å². The number of nitrogens with one attached hydrogen (secondary N) is 1. The molecular weight excluding hydrogens is 456 g/mol. The number of aliphatic hydroxyl groups is 1. The fourth-order valence-corrected chi connectivity index (χ4v) is 4.30. The third-order valence-electron chi connectivity index (χ3n) is 6.38. The van der Waals surface area contributed by atoms with Crippen LogP contribution >= 0.6 is 0 Å². The molecule has 8 heteroatoms. The smallest absolute Gasteiger partial charge is 0.251 e. The third kappa shape index (κ3) is 6.66. The lowest BCUT2D eigenvalue weighted by molar-refractivity contribution is -0.122. The zero-order valence-electron chi connectivity index (χ0n) is 21.0. The van der Waals surface area contributed by atoms with Gasteiger partial charge in [0.05, 0.1) is 32.4 Å². The molecule has 0 saturated heterocycles. The Morgan fingerprint density at radius 2 is 2.08 bits per heavy atom. The molecule has 1 amide bonds. The fourth-order valence-electron chi connectivity index (χ4n) is 4.30. The Balaban J connectivity index is 1.79. The lowest BCUT2D eigenvalue weighted by Gasteiger charge is -2.27. The van der Waals surface area contributed by atoms with E-state index in [4.69, 9.17) is 10.5 Å². The SMILES string of the molecule is CCC(=O)C1C=C(CO)C=C(C(N=CN)=NCc2cccc(NC(=O)C3=CC=C(OC)CC3)c2)C1C. The molecule has 1 aromatic rings. The van der Waals surface area contributed by atoms with Gasteiger partial charge in [0.25, 0.3) is 5.91 Å². The van der Waals surface area contributed by atoms with Crippen molar-refractivity contribution in [2.24, 2.45) is 27.6 Å². The molecule has 3 rings (SSSR count). The molecular formula is C28H34N4O4. The normalized spacial score (nSPS) is 20.3. The number of hydrogen-bond donors (Lipinski definition) is 3. The highest BCUT2D eigenvalue weighted by Gasteiger charge is 2.30. The number of amides is 1. The average molecular weight is 491 g/mol. The van der Waals surface area contributed by atoms with E-state index in [1.165, 1.54) is 6.34 Å². The van der Waals surface area contributed by atoms with Crippen molar-refractivity contribution in [3.05, 3.63) is 76.6 Å². The van der Waals surface area contributed by atoms with E-state index in [-0.39, 0.29) is 30.1 Å². The zero-order valence-corrected chi connectivity index (χ0v) is 21.0. The monoisotopic (exact) mass is 490 g/mol. The summed E-state index contributed by atoms with van der Waals surface area (Å²) < 4.78 is 5.22. The number of allylic oxidation sites excluding steroid dienone is 4. The van der Waals surface area contributed by atoms with Crippen molar-refractivity contribution in [2.45, 2.75) is 39.7 Å². The van der Waals surface area contributed by atoms with Gasteiger partial charge in [-0.2, -0.15) is 0 Å². The van der Waals surface area contributed by atoms with Gasteiger partial charge in [-0.1, -0.05) is 38.1 Å². The maximum absolute atomic E-state index is 12.7. The van der Waals surface area contributed by atoms with Crippen LogP contribution in [0.1, 0.15) is 38.7 Å². The molecule has 8 nitrogen and oxygen atoms in total. The summed E-state index contributed by atoms with van der Waals surface area (Å²) in [4.78, 5) is 34.1. The molecule has 2 unspecified atom stereocenters. The number of aliphatic imine (C=N–C) groups is 2. The lowest BCUT2D eigenvalue weighted by atomic mass is 9.77. The van der Waals surface area contributed by atoms with Gasteiger partial charge in [0.2, 0.25) is 0 Å². The molecule has 2 aliphatic carbocycles. The maximum Gasteiger partial charge on any atom is 0.251 e. The first kappa shape index (κ1) is 26.8. The largest absolute Gasteiger partial charge is 0.501 e. The molecule has 190 valence electrons. The number of carbonyl (C=O) groups is 2. The first-order valence-electron chi connectivity index (χ1n) is 12.1. The van der Waals surface area contributed by atoms with Crippen molar-refractivity contribution in [3.63, 3.8) is 0 Å². The van der Waals surface area contributed by atoms with Crippen LogP contribution < -0.4 is 11.1 Å². The second-order valence-electron chi connectivity index (χ2n) is 8.74. The molecule has 0 aliphatic heterocycles. The van der Waals surface area contributed by atoms with E-state index in [0.717, 1.165) is 16.9 Å². The third-order valence-corrected chi connectivity index (χ3v) is 6.38. The number of hydrogen-bond acceptors (Lipinski definition) is 5. The summed E-state index contributed by atoms with van der Waals surface area (Å²) in [6.07, 6.45) is 10.2. The number of ether oxygens (including phenoxy) is 1. The maximum atomic E-state index is 12.7. The molecule has 0 fully saturated rings. The summed E-state index contributed by atoms with van der Waals surface area (Å²) in [6.45, 7) is 3.91. The van der Waals surface area contributed by atoms with Crippen molar-refractivity contribution in [1.29, 1.82) is 0 Å². The second kappa shape index (κ2) is 12.8. The van der Waals surface area contributed by atoms with Crippen molar-refractivity contribution in [3.8, 4) is 0 Å². The number of nitrogens with zero attached hydrogens (tertiary/aromatic N) is 2. The van der Waals surface area contributed by atoms with Crippen LogP contribution in [0.3, 0.4) is 0 Å². The summed E-state index contributed by atoms with van der Waals surface area (Å²) in [5.74, 6) is 0.722. The van der Waals surface area contributed by atoms with Crippen LogP contribution in [-0.4, -0.2) is 42.7 Å². The van der Waals surface area contributed by atoms with Gasteiger partial charge in [-0.15, -0.1) is 0 Å². The minimum atomic E-state index is -0.349. The summed E-state index contributed by atoms with van der Waals surface area (Å²) in [5, 5.41) is 12.7. The van der Waals surface area contributed by atoms with E-state index < -0.39 is 0 Å². The predicted molar refractivity (Wildman–Crippen MR) is 143 cm³/mol. The average Bonchev–Trinajstić information content (AvgIpc) is 2.91. The van der Waals surface area contributed by atoms with Crippen molar-refractivity contribution >= 4 is 29.6 Å². The highest BCUT2D eigenvalue weighted by Crippen LogP contribution is 2.32. The van der Waals surface area contributed by atoms with E-state index in [2.05, 4.69) is 15.3 Å². The summed E-state index contributed by atoms with van der Waals surface area (Å²) in [7, 11) is 1.62.